The summed E-state index contributed by atoms with van der Waals surface area (Å²) in [6.07, 6.45) is -0.296. The van der Waals surface area contributed by atoms with Crippen LogP contribution < -0.4 is 10.6 Å². The minimum atomic E-state index is -0.296. The molecule has 9 heavy (non-hydrogen) atoms. The molecule has 1 saturated heterocycles. The van der Waals surface area contributed by atoms with E-state index in [1.807, 2.05) is 14.1 Å². The molecule has 0 spiro atoms. The maximum Gasteiger partial charge on any atom is 0.407 e. The minimum absolute atomic E-state index is 0.296. The van der Waals surface area contributed by atoms with Crippen molar-refractivity contribution >= 4 is 6.09 Å². The second kappa shape index (κ2) is 5.37. The van der Waals surface area contributed by atoms with Gasteiger partial charge in [0.25, 0.3) is 0 Å². The summed E-state index contributed by atoms with van der Waals surface area (Å²) in [6.45, 7) is 1.19. The van der Waals surface area contributed by atoms with E-state index in [1.165, 1.54) is 0 Å². The number of alkyl carbamates (subject to hydrolysis) is 1. The standard InChI is InChI=1S/C3H5NO2.C2H7N/c5-3-4-1-2-6-3;1-3-2/h1-2H2,(H,4,5);3H,1-2H3. The van der Waals surface area contributed by atoms with Crippen molar-refractivity contribution in [2.45, 2.75) is 0 Å². The predicted octanol–water partition coefficient (Wildman–Crippen LogP) is -0.438. The van der Waals surface area contributed by atoms with Crippen LogP contribution in [0.2, 0.25) is 0 Å². The second-order valence-electron chi connectivity index (χ2n) is 1.56. The molecule has 1 aliphatic rings. The van der Waals surface area contributed by atoms with Crippen molar-refractivity contribution < 1.29 is 9.53 Å². The number of cyclic esters (lactones) is 1. The molecule has 0 aromatic heterocycles. The first kappa shape index (κ1) is 8.23. The molecule has 1 aliphatic heterocycles. The third kappa shape index (κ3) is 5.10. The first-order chi connectivity index (χ1) is 4.31. The van der Waals surface area contributed by atoms with Crippen LogP contribution in [0.25, 0.3) is 0 Å². The third-order valence-corrected chi connectivity index (χ3v) is 0.605. The number of carbonyl (C=O) groups excluding carboxylic acids is 1. The summed E-state index contributed by atoms with van der Waals surface area (Å²) in [6, 6.07) is 0. The summed E-state index contributed by atoms with van der Waals surface area (Å²) < 4.78 is 4.40. The van der Waals surface area contributed by atoms with E-state index < -0.39 is 0 Å². The average molecular weight is 132 g/mol. The monoisotopic (exact) mass is 132 g/mol. The van der Waals surface area contributed by atoms with Crippen molar-refractivity contribution in [3.63, 3.8) is 0 Å². The zero-order valence-corrected chi connectivity index (χ0v) is 5.73. The van der Waals surface area contributed by atoms with Gasteiger partial charge in [0.05, 0.1) is 6.54 Å². The topological polar surface area (TPSA) is 50.4 Å². The Kier molecular flexibility index (Phi) is 4.91. The Morgan fingerprint density at radius 3 is 2.33 bits per heavy atom. The summed E-state index contributed by atoms with van der Waals surface area (Å²) >= 11 is 0. The highest BCUT2D eigenvalue weighted by molar-refractivity contribution is 5.68. The Balaban J connectivity index is 0.000000187. The SMILES string of the molecule is CNC.O=C1NCCO1. The van der Waals surface area contributed by atoms with Crippen LogP contribution in [0.5, 0.6) is 0 Å². The van der Waals surface area contributed by atoms with Gasteiger partial charge in [-0.05, 0) is 14.1 Å². The maximum atomic E-state index is 9.91. The van der Waals surface area contributed by atoms with E-state index in [9.17, 15) is 4.79 Å². The van der Waals surface area contributed by atoms with Gasteiger partial charge in [0, 0.05) is 0 Å². The van der Waals surface area contributed by atoms with Crippen LogP contribution in [0, 0.1) is 0 Å². The summed E-state index contributed by atoms with van der Waals surface area (Å²) in [7, 11) is 3.75. The zero-order valence-electron chi connectivity index (χ0n) is 5.73. The van der Waals surface area contributed by atoms with Gasteiger partial charge in [-0.15, -0.1) is 0 Å². The van der Waals surface area contributed by atoms with Crippen LogP contribution in [0.15, 0.2) is 0 Å². The molecule has 54 valence electrons. The van der Waals surface area contributed by atoms with Gasteiger partial charge in [-0.25, -0.2) is 4.79 Å². The number of carbonyl (C=O) groups is 1. The first-order valence-electron chi connectivity index (χ1n) is 2.80. The average Bonchev–Trinajstić information content (AvgIpc) is 2.20. The fourth-order valence-electron chi connectivity index (χ4n) is 0.348. The van der Waals surface area contributed by atoms with Gasteiger partial charge in [-0.2, -0.15) is 0 Å². The smallest absolute Gasteiger partial charge is 0.407 e. The van der Waals surface area contributed by atoms with Gasteiger partial charge in [0.2, 0.25) is 0 Å². The van der Waals surface area contributed by atoms with Crippen molar-refractivity contribution in [1.82, 2.24) is 10.6 Å². The van der Waals surface area contributed by atoms with Crippen LogP contribution in [-0.2, 0) is 4.74 Å². The van der Waals surface area contributed by atoms with E-state index in [1.54, 1.807) is 0 Å². The molecule has 1 rings (SSSR count). The van der Waals surface area contributed by atoms with Crippen LogP contribution in [0.3, 0.4) is 0 Å². The van der Waals surface area contributed by atoms with Crippen molar-refractivity contribution in [2.24, 2.45) is 0 Å². The van der Waals surface area contributed by atoms with Gasteiger partial charge >= 0.3 is 6.09 Å². The Hall–Kier alpha value is -0.770. The number of ether oxygens (including phenoxy) is 1. The molecule has 0 aromatic carbocycles. The van der Waals surface area contributed by atoms with Crippen molar-refractivity contribution in [3.05, 3.63) is 0 Å². The lowest BCUT2D eigenvalue weighted by Gasteiger charge is -1.80. The Morgan fingerprint density at radius 1 is 1.67 bits per heavy atom. The highest BCUT2D eigenvalue weighted by atomic mass is 16.6. The highest BCUT2D eigenvalue weighted by Gasteiger charge is 2.06. The molecule has 1 heterocycles. The third-order valence-electron chi connectivity index (χ3n) is 0.605. The van der Waals surface area contributed by atoms with Gasteiger partial charge in [0.15, 0.2) is 0 Å². The zero-order chi connectivity index (χ0) is 7.11. The lowest BCUT2D eigenvalue weighted by Crippen LogP contribution is -2.11. The molecule has 4 heteroatoms. The molecule has 0 radical (unpaired) electrons. The molecule has 0 aromatic rings. The fourth-order valence-corrected chi connectivity index (χ4v) is 0.348. The summed E-state index contributed by atoms with van der Waals surface area (Å²) in [5.41, 5.74) is 0. The van der Waals surface area contributed by atoms with Crippen molar-refractivity contribution in [1.29, 1.82) is 0 Å². The van der Waals surface area contributed by atoms with Crippen LogP contribution in [0.4, 0.5) is 4.79 Å². The van der Waals surface area contributed by atoms with E-state index >= 15 is 0 Å². The lowest BCUT2D eigenvalue weighted by atomic mass is 10.7. The fraction of sp³-hybridized carbons (Fsp3) is 0.800. The molecule has 0 aliphatic carbocycles. The van der Waals surface area contributed by atoms with Gasteiger partial charge < -0.3 is 15.4 Å². The number of hydrogen-bond acceptors (Lipinski definition) is 3. The number of amides is 1. The summed E-state index contributed by atoms with van der Waals surface area (Å²) in [4.78, 5) is 9.91. The van der Waals surface area contributed by atoms with Crippen LogP contribution >= 0.6 is 0 Å². The first-order valence-corrected chi connectivity index (χ1v) is 2.80. The molecule has 0 saturated carbocycles. The van der Waals surface area contributed by atoms with Gasteiger partial charge in [-0.3, -0.25) is 0 Å². The van der Waals surface area contributed by atoms with Gasteiger partial charge in [-0.1, -0.05) is 0 Å². The molecule has 2 N–H and O–H groups in total. The summed E-state index contributed by atoms with van der Waals surface area (Å²) in [5.74, 6) is 0. The molecule has 4 nitrogen and oxygen atoms in total. The van der Waals surface area contributed by atoms with E-state index in [-0.39, 0.29) is 6.09 Å². The molecule has 0 atom stereocenters. The quantitative estimate of drug-likeness (QED) is 0.470. The van der Waals surface area contributed by atoms with Crippen LogP contribution in [0.1, 0.15) is 0 Å². The van der Waals surface area contributed by atoms with E-state index in [4.69, 9.17) is 0 Å². The molecular weight excluding hydrogens is 120 g/mol. The van der Waals surface area contributed by atoms with Crippen molar-refractivity contribution in [2.75, 3.05) is 27.2 Å². The molecule has 0 unspecified atom stereocenters. The normalized spacial score (nSPS) is 15.1. The maximum absolute atomic E-state index is 9.91. The predicted molar refractivity (Wildman–Crippen MR) is 34.3 cm³/mol. The van der Waals surface area contributed by atoms with Crippen LogP contribution in [-0.4, -0.2) is 33.3 Å². The Morgan fingerprint density at radius 2 is 2.22 bits per heavy atom. The lowest BCUT2D eigenvalue weighted by molar-refractivity contribution is 0.178. The molecule has 1 fully saturated rings. The highest BCUT2D eigenvalue weighted by Crippen LogP contribution is 1.82. The molecular formula is C5H12N2O2. The molecule has 1 amide bonds. The van der Waals surface area contributed by atoms with E-state index in [0.29, 0.717) is 13.2 Å². The largest absolute Gasteiger partial charge is 0.448 e. The van der Waals surface area contributed by atoms with Crippen molar-refractivity contribution in [3.8, 4) is 0 Å². The van der Waals surface area contributed by atoms with E-state index in [0.717, 1.165) is 0 Å². The van der Waals surface area contributed by atoms with Gasteiger partial charge in [0.1, 0.15) is 6.61 Å². The van der Waals surface area contributed by atoms with E-state index in [2.05, 4.69) is 15.4 Å². The second-order valence-corrected chi connectivity index (χ2v) is 1.56. The molecule has 0 bridgehead atoms. The number of hydrogen-bond donors (Lipinski definition) is 2. The summed E-state index contributed by atoms with van der Waals surface area (Å²) in [5, 5.41) is 5.21. The Labute approximate surface area is 54.6 Å². The minimum Gasteiger partial charge on any atom is -0.448 e. The number of rotatable bonds is 0. The Bertz CT molecular complexity index is 77.0. The number of nitrogens with one attached hydrogen (secondary N) is 2.